The van der Waals surface area contributed by atoms with Gasteiger partial charge in [-0.1, -0.05) is 6.42 Å². The van der Waals surface area contributed by atoms with Gasteiger partial charge in [0, 0.05) is 6.42 Å². The van der Waals surface area contributed by atoms with Gasteiger partial charge in [-0.05, 0) is 12.8 Å². The Hall–Kier alpha value is -0.370. The van der Waals surface area contributed by atoms with Crippen molar-refractivity contribution in [3.8, 4) is 0 Å². The lowest BCUT2D eigenvalue weighted by Gasteiger charge is -2.23. The van der Waals surface area contributed by atoms with Crippen LogP contribution in [0.3, 0.4) is 0 Å². The molecule has 0 aromatic heterocycles. The van der Waals surface area contributed by atoms with Crippen molar-refractivity contribution in [3.05, 3.63) is 0 Å². The van der Waals surface area contributed by atoms with Crippen LogP contribution >= 0.6 is 0 Å². The lowest BCUT2D eigenvalue weighted by Crippen LogP contribution is -2.82. The molecule has 2 aliphatic rings. The number of hydrogen-bond donors (Lipinski definition) is 2. The van der Waals surface area contributed by atoms with Gasteiger partial charge in [0.05, 0.1) is 12.6 Å². The summed E-state index contributed by atoms with van der Waals surface area (Å²) in [5, 5.41) is 3.52. The summed E-state index contributed by atoms with van der Waals surface area (Å²) in [4.78, 5) is 3.48. The van der Waals surface area contributed by atoms with Crippen molar-refractivity contribution in [2.75, 3.05) is 13.1 Å². The van der Waals surface area contributed by atoms with Crippen molar-refractivity contribution < 1.29 is 4.99 Å². The van der Waals surface area contributed by atoms with E-state index in [0.29, 0.717) is 6.04 Å². The second-order valence-electron chi connectivity index (χ2n) is 3.20. The molecule has 0 spiro atoms. The van der Waals surface area contributed by atoms with Gasteiger partial charge in [-0.15, -0.1) is 0 Å². The van der Waals surface area contributed by atoms with Gasteiger partial charge in [0.25, 0.3) is 0 Å². The fourth-order valence-electron chi connectivity index (χ4n) is 1.92. The molecular weight excluding hydrogens is 124 g/mol. The predicted molar refractivity (Wildman–Crippen MR) is 41.1 cm³/mol. The van der Waals surface area contributed by atoms with Crippen molar-refractivity contribution >= 4 is 5.71 Å². The molecule has 56 valence electrons. The van der Waals surface area contributed by atoms with Crippen molar-refractivity contribution in [3.63, 3.8) is 0 Å². The number of fused-ring (bicyclic) bond motifs is 1. The molecule has 1 atom stereocenters. The summed E-state index contributed by atoms with van der Waals surface area (Å²) in [5.41, 5.74) is 1.57. The average Bonchev–Trinajstić information content (AvgIpc) is 2.05. The Morgan fingerprint density at radius 1 is 1.40 bits per heavy atom. The standard InChI is InChI=1S/C8H14N2/c1-2-4-8-7(3-1)9-5-6-10-8/h7,9H,1-6H2/p+1. The molecule has 10 heavy (non-hydrogen) atoms. The fourth-order valence-corrected chi connectivity index (χ4v) is 1.92. The first-order chi connectivity index (χ1) is 4.97. The zero-order valence-corrected chi connectivity index (χ0v) is 6.32. The van der Waals surface area contributed by atoms with E-state index in [1.165, 1.54) is 25.7 Å². The highest BCUT2D eigenvalue weighted by Gasteiger charge is 2.26. The Kier molecular flexibility index (Phi) is 1.72. The van der Waals surface area contributed by atoms with E-state index in [9.17, 15) is 0 Å². The number of rotatable bonds is 0. The molecule has 0 saturated heterocycles. The van der Waals surface area contributed by atoms with Crippen LogP contribution in [0.5, 0.6) is 0 Å². The van der Waals surface area contributed by atoms with Gasteiger partial charge in [-0.25, -0.2) is 4.99 Å². The first-order valence-electron chi connectivity index (χ1n) is 4.30. The molecule has 0 radical (unpaired) electrons. The van der Waals surface area contributed by atoms with Crippen molar-refractivity contribution in [2.45, 2.75) is 31.7 Å². The Bertz CT molecular complexity index is 151. The average molecular weight is 139 g/mol. The summed E-state index contributed by atoms with van der Waals surface area (Å²) in [7, 11) is 0. The molecule has 2 heteroatoms. The van der Waals surface area contributed by atoms with Crippen LogP contribution in [0.1, 0.15) is 25.7 Å². The maximum atomic E-state index is 3.52. The summed E-state index contributed by atoms with van der Waals surface area (Å²) in [6, 6.07) is 0.711. The predicted octanol–water partition coefficient (Wildman–Crippen LogP) is -0.946. The van der Waals surface area contributed by atoms with Crippen LogP contribution in [-0.2, 0) is 0 Å². The van der Waals surface area contributed by atoms with Crippen molar-refractivity contribution in [2.24, 2.45) is 0 Å². The zero-order chi connectivity index (χ0) is 6.81. The lowest BCUT2D eigenvalue weighted by atomic mass is 9.92. The summed E-state index contributed by atoms with van der Waals surface area (Å²) in [5.74, 6) is 0. The highest BCUT2D eigenvalue weighted by atomic mass is 15.0. The smallest absolute Gasteiger partial charge is 0.167 e. The van der Waals surface area contributed by atoms with Crippen molar-refractivity contribution in [1.82, 2.24) is 5.32 Å². The molecule has 0 aromatic rings. The van der Waals surface area contributed by atoms with E-state index in [1.54, 1.807) is 5.71 Å². The summed E-state index contributed by atoms with van der Waals surface area (Å²) < 4.78 is 0. The van der Waals surface area contributed by atoms with E-state index in [-0.39, 0.29) is 0 Å². The Labute approximate surface area is 61.7 Å². The van der Waals surface area contributed by atoms with Crippen LogP contribution < -0.4 is 10.3 Å². The quantitative estimate of drug-likeness (QED) is 0.445. The highest BCUT2D eigenvalue weighted by Crippen LogP contribution is 2.13. The molecule has 0 aromatic carbocycles. The Morgan fingerprint density at radius 3 is 3.30 bits per heavy atom. The van der Waals surface area contributed by atoms with Crippen LogP contribution in [0, 0.1) is 0 Å². The van der Waals surface area contributed by atoms with Crippen LogP contribution in [0.25, 0.3) is 0 Å². The third-order valence-corrected chi connectivity index (χ3v) is 2.48. The second-order valence-corrected chi connectivity index (χ2v) is 3.20. The summed E-state index contributed by atoms with van der Waals surface area (Å²) in [6.07, 6.45) is 5.45. The van der Waals surface area contributed by atoms with E-state index in [1.807, 2.05) is 0 Å². The maximum Gasteiger partial charge on any atom is 0.167 e. The lowest BCUT2D eigenvalue weighted by molar-refractivity contribution is -0.463. The van der Waals surface area contributed by atoms with Crippen LogP contribution in [0.2, 0.25) is 0 Å². The SMILES string of the molecule is C1CCC2NCC[NH+]=C2C1. The molecule has 2 nitrogen and oxygen atoms in total. The monoisotopic (exact) mass is 139 g/mol. The maximum absolute atomic E-state index is 3.52. The molecular formula is C8H15N2+. The Balaban J connectivity index is 2.08. The van der Waals surface area contributed by atoms with Gasteiger partial charge in [0.2, 0.25) is 0 Å². The van der Waals surface area contributed by atoms with E-state index in [2.05, 4.69) is 10.3 Å². The minimum Gasteiger partial charge on any atom is -0.299 e. The molecule has 1 heterocycles. The van der Waals surface area contributed by atoms with Gasteiger partial charge in [-0.2, -0.15) is 0 Å². The molecule has 1 aliphatic carbocycles. The molecule has 1 saturated carbocycles. The van der Waals surface area contributed by atoms with Crippen molar-refractivity contribution in [1.29, 1.82) is 0 Å². The van der Waals surface area contributed by atoms with Gasteiger partial charge in [-0.3, -0.25) is 5.32 Å². The molecule has 2 N–H and O–H groups in total. The van der Waals surface area contributed by atoms with Gasteiger partial charge in [0.1, 0.15) is 0 Å². The number of hydrogen-bond acceptors (Lipinski definition) is 1. The fraction of sp³-hybridized carbons (Fsp3) is 0.875. The minimum atomic E-state index is 0.711. The Morgan fingerprint density at radius 2 is 2.40 bits per heavy atom. The zero-order valence-electron chi connectivity index (χ0n) is 6.32. The molecule has 1 unspecified atom stereocenters. The third-order valence-electron chi connectivity index (χ3n) is 2.48. The highest BCUT2D eigenvalue weighted by molar-refractivity contribution is 5.85. The van der Waals surface area contributed by atoms with Gasteiger partial charge < -0.3 is 0 Å². The van der Waals surface area contributed by atoms with Gasteiger partial charge in [0.15, 0.2) is 12.3 Å². The number of nitrogens with one attached hydrogen (secondary N) is 2. The largest absolute Gasteiger partial charge is 0.299 e. The first-order valence-corrected chi connectivity index (χ1v) is 4.30. The summed E-state index contributed by atoms with van der Waals surface area (Å²) >= 11 is 0. The van der Waals surface area contributed by atoms with E-state index < -0.39 is 0 Å². The van der Waals surface area contributed by atoms with Crippen LogP contribution in [0.4, 0.5) is 0 Å². The topological polar surface area (TPSA) is 26.0 Å². The van der Waals surface area contributed by atoms with Crippen LogP contribution in [0.15, 0.2) is 0 Å². The van der Waals surface area contributed by atoms with E-state index in [0.717, 1.165) is 13.1 Å². The molecule has 1 fully saturated rings. The first kappa shape index (κ1) is 6.35. The minimum absolute atomic E-state index is 0.711. The van der Waals surface area contributed by atoms with E-state index >= 15 is 0 Å². The second kappa shape index (κ2) is 2.70. The summed E-state index contributed by atoms with van der Waals surface area (Å²) in [6.45, 7) is 2.28. The third kappa shape index (κ3) is 1.08. The van der Waals surface area contributed by atoms with Crippen LogP contribution in [-0.4, -0.2) is 24.8 Å². The molecule has 1 aliphatic heterocycles. The van der Waals surface area contributed by atoms with Gasteiger partial charge >= 0.3 is 0 Å². The molecule has 0 amide bonds. The molecule has 0 bridgehead atoms. The normalized spacial score (nSPS) is 32.8. The molecule has 2 rings (SSSR count). The van der Waals surface area contributed by atoms with E-state index in [4.69, 9.17) is 0 Å².